The highest BCUT2D eigenvalue weighted by atomic mass is 16.7. The topological polar surface area (TPSA) is 50.8 Å². The van der Waals surface area contributed by atoms with Crippen molar-refractivity contribution in [2.75, 3.05) is 26.3 Å². The van der Waals surface area contributed by atoms with Crippen molar-refractivity contribution in [2.45, 2.75) is 56.4 Å². The number of hydrogen-bond donors (Lipinski definition) is 1. The van der Waals surface area contributed by atoms with E-state index in [1.165, 1.54) is 12.8 Å². The predicted octanol–water partition coefficient (Wildman–Crippen LogP) is 2.63. The van der Waals surface area contributed by atoms with Gasteiger partial charge in [0.1, 0.15) is 6.04 Å². The van der Waals surface area contributed by atoms with E-state index in [-0.39, 0.29) is 11.9 Å². The third-order valence-electron chi connectivity index (χ3n) is 5.80. The van der Waals surface area contributed by atoms with Crippen molar-refractivity contribution < 1.29 is 14.3 Å². The molecule has 4 rings (SSSR count). The lowest BCUT2D eigenvalue weighted by atomic mass is 9.97. The molecule has 2 saturated heterocycles. The fourth-order valence-corrected chi connectivity index (χ4v) is 4.42. The molecule has 136 valence electrons. The standard InChI is InChI=1S/C20H28N2O3/c23-19(21-17-8-4-5-9-17)18(16-6-2-1-3-7-16)22-12-10-20(11-13-22)24-14-15-25-20/h1-3,6-7,17-18H,4-5,8-15H2,(H,21,23). The number of carbonyl (C=O) groups is 1. The highest BCUT2D eigenvalue weighted by molar-refractivity contribution is 5.83. The summed E-state index contributed by atoms with van der Waals surface area (Å²) in [6.07, 6.45) is 6.32. The van der Waals surface area contributed by atoms with Crippen molar-refractivity contribution in [2.24, 2.45) is 0 Å². The van der Waals surface area contributed by atoms with Crippen molar-refractivity contribution in [1.29, 1.82) is 0 Å². The first kappa shape index (κ1) is 17.0. The van der Waals surface area contributed by atoms with E-state index in [0.29, 0.717) is 19.3 Å². The van der Waals surface area contributed by atoms with Crippen LogP contribution in [0.25, 0.3) is 0 Å². The van der Waals surface area contributed by atoms with E-state index in [1.807, 2.05) is 18.2 Å². The SMILES string of the molecule is O=C(NC1CCCC1)C(c1ccccc1)N1CCC2(CC1)OCCO2. The van der Waals surface area contributed by atoms with Crippen LogP contribution in [0.5, 0.6) is 0 Å². The predicted molar refractivity (Wildman–Crippen MR) is 95.0 cm³/mol. The van der Waals surface area contributed by atoms with E-state index >= 15 is 0 Å². The van der Waals surface area contributed by atoms with Crippen LogP contribution >= 0.6 is 0 Å². The first-order chi connectivity index (χ1) is 12.3. The minimum Gasteiger partial charge on any atom is -0.352 e. The molecule has 2 heterocycles. The number of hydrogen-bond acceptors (Lipinski definition) is 4. The lowest BCUT2D eigenvalue weighted by Gasteiger charge is -2.41. The zero-order valence-corrected chi connectivity index (χ0v) is 14.8. The van der Waals surface area contributed by atoms with Crippen LogP contribution in [0.3, 0.4) is 0 Å². The first-order valence-corrected chi connectivity index (χ1v) is 9.63. The van der Waals surface area contributed by atoms with Crippen LogP contribution in [0.4, 0.5) is 0 Å². The number of benzene rings is 1. The van der Waals surface area contributed by atoms with Gasteiger partial charge in [-0.05, 0) is 18.4 Å². The van der Waals surface area contributed by atoms with Gasteiger partial charge in [-0.3, -0.25) is 9.69 Å². The van der Waals surface area contributed by atoms with Crippen molar-refractivity contribution in [3.63, 3.8) is 0 Å². The Bertz CT molecular complexity index is 570. The number of piperidine rings is 1. The second-order valence-electron chi connectivity index (χ2n) is 7.45. The van der Waals surface area contributed by atoms with Crippen LogP contribution < -0.4 is 5.32 Å². The summed E-state index contributed by atoms with van der Waals surface area (Å²) in [5.41, 5.74) is 1.07. The summed E-state index contributed by atoms with van der Waals surface area (Å²) >= 11 is 0. The molecule has 1 saturated carbocycles. The third kappa shape index (κ3) is 3.73. The largest absolute Gasteiger partial charge is 0.352 e. The molecule has 1 aliphatic carbocycles. The van der Waals surface area contributed by atoms with E-state index in [0.717, 1.165) is 44.3 Å². The van der Waals surface area contributed by atoms with Crippen LogP contribution in [0.1, 0.15) is 50.1 Å². The minimum atomic E-state index is -0.403. The zero-order chi connectivity index (χ0) is 17.1. The molecule has 5 heteroatoms. The molecular weight excluding hydrogens is 316 g/mol. The molecule has 25 heavy (non-hydrogen) atoms. The molecular formula is C20H28N2O3. The number of amides is 1. The van der Waals surface area contributed by atoms with E-state index in [1.54, 1.807) is 0 Å². The molecule has 1 aromatic carbocycles. The Morgan fingerprint density at radius 1 is 1.08 bits per heavy atom. The van der Waals surface area contributed by atoms with Gasteiger partial charge in [0.15, 0.2) is 5.79 Å². The minimum absolute atomic E-state index is 0.141. The summed E-state index contributed by atoms with van der Waals surface area (Å²) in [7, 11) is 0. The summed E-state index contributed by atoms with van der Waals surface area (Å²) in [5.74, 6) is -0.262. The molecule has 1 spiro atoms. The van der Waals surface area contributed by atoms with Gasteiger partial charge in [-0.15, -0.1) is 0 Å². The molecule has 0 bridgehead atoms. The average molecular weight is 344 g/mol. The van der Waals surface area contributed by atoms with Crippen molar-refractivity contribution in [3.05, 3.63) is 35.9 Å². The van der Waals surface area contributed by atoms with Crippen LogP contribution in [-0.2, 0) is 14.3 Å². The maximum absolute atomic E-state index is 13.1. The van der Waals surface area contributed by atoms with Crippen molar-refractivity contribution in [1.82, 2.24) is 10.2 Å². The summed E-state index contributed by atoms with van der Waals surface area (Å²) in [6.45, 7) is 3.00. The highest BCUT2D eigenvalue weighted by Gasteiger charge is 2.42. The molecule has 1 N–H and O–H groups in total. The molecule has 2 aliphatic heterocycles. The second kappa shape index (κ2) is 7.44. The van der Waals surface area contributed by atoms with Gasteiger partial charge >= 0.3 is 0 Å². The fourth-order valence-electron chi connectivity index (χ4n) is 4.42. The average Bonchev–Trinajstić information content (AvgIpc) is 3.31. The van der Waals surface area contributed by atoms with Crippen LogP contribution in [-0.4, -0.2) is 48.9 Å². The fraction of sp³-hybridized carbons (Fsp3) is 0.650. The molecule has 0 radical (unpaired) electrons. The van der Waals surface area contributed by atoms with Gasteiger partial charge < -0.3 is 14.8 Å². The zero-order valence-electron chi connectivity index (χ0n) is 14.8. The van der Waals surface area contributed by atoms with Gasteiger partial charge in [-0.1, -0.05) is 43.2 Å². The molecule has 5 nitrogen and oxygen atoms in total. The van der Waals surface area contributed by atoms with Gasteiger partial charge in [0, 0.05) is 32.0 Å². The van der Waals surface area contributed by atoms with Gasteiger partial charge in [-0.25, -0.2) is 0 Å². The first-order valence-electron chi connectivity index (χ1n) is 9.63. The molecule has 3 fully saturated rings. The van der Waals surface area contributed by atoms with Gasteiger partial charge in [0.25, 0.3) is 0 Å². The van der Waals surface area contributed by atoms with Crippen molar-refractivity contribution >= 4 is 5.91 Å². The smallest absolute Gasteiger partial charge is 0.242 e. The Kier molecular flexibility index (Phi) is 5.06. The Morgan fingerprint density at radius 2 is 1.72 bits per heavy atom. The second-order valence-corrected chi connectivity index (χ2v) is 7.45. The summed E-state index contributed by atoms with van der Waals surface area (Å²) in [6, 6.07) is 10.3. The van der Waals surface area contributed by atoms with Gasteiger partial charge in [0.2, 0.25) is 5.91 Å². The quantitative estimate of drug-likeness (QED) is 0.912. The number of carbonyl (C=O) groups excluding carboxylic acids is 1. The number of nitrogens with zero attached hydrogens (tertiary/aromatic N) is 1. The van der Waals surface area contributed by atoms with E-state index in [4.69, 9.17) is 9.47 Å². The molecule has 1 amide bonds. The van der Waals surface area contributed by atoms with Gasteiger partial charge in [-0.2, -0.15) is 0 Å². The molecule has 0 aromatic heterocycles. The summed E-state index contributed by atoms with van der Waals surface area (Å²) in [4.78, 5) is 15.4. The number of rotatable bonds is 4. The van der Waals surface area contributed by atoms with Crippen molar-refractivity contribution in [3.8, 4) is 0 Å². The maximum Gasteiger partial charge on any atom is 0.242 e. The monoisotopic (exact) mass is 344 g/mol. The number of nitrogens with one attached hydrogen (secondary N) is 1. The normalized spacial score (nSPS) is 25.3. The Hall–Kier alpha value is -1.43. The summed E-state index contributed by atoms with van der Waals surface area (Å²) < 4.78 is 11.7. The number of likely N-dealkylation sites (tertiary alicyclic amines) is 1. The van der Waals surface area contributed by atoms with Crippen LogP contribution in [0, 0.1) is 0 Å². The Balaban J connectivity index is 1.48. The van der Waals surface area contributed by atoms with Crippen LogP contribution in [0.15, 0.2) is 30.3 Å². The summed E-state index contributed by atoms with van der Waals surface area (Å²) in [5, 5.41) is 3.29. The van der Waals surface area contributed by atoms with E-state index in [2.05, 4.69) is 22.3 Å². The highest BCUT2D eigenvalue weighted by Crippen LogP contribution is 2.35. The molecule has 1 atom stereocenters. The van der Waals surface area contributed by atoms with Crippen LogP contribution in [0.2, 0.25) is 0 Å². The number of ether oxygens (including phenoxy) is 2. The molecule has 3 aliphatic rings. The molecule has 1 aromatic rings. The molecule has 1 unspecified atom stereocenters. The Labute approximate surface area is 149 Å². The van der Waals surface area contributed by atoms with E-state index < -0.39 is 5.79 Å². The Morgan fingerprint density at radius 3 is 2.36 bits per heavy atom. The maximum atomic E-state index is 13.1. The lowest BCUT2D eigenvalue weighted by molar-refractivity contribution is -0.189. The third-order valence-corrected chi connectivity index (χ3v) is 5.80. The van der Waals surface area contributed by atoms with Gasteiger partial charge in [0.05, 0.1) is 13.2 Å². The van der Waals surface area contributed by atoms with E-state index in [9.17, 15) is 4.79 Å². The lowest BCUT2D eigenvalue weighted by Crippen LogP contribution is -2.50.